The van der Waals surface area contributed by atoms with Crippen molar-refractivity contribution in [3.8, 4) is 5.75 Å². The number of nitrogens with one attached hydrogen (secondary N) is 2. The molecule has 2 N–H and O–H groups in total. The van der Waals surface area contributed by atoms with Crippen LogP contribution in [-0.2, 0) is 9.59 Å². The lowest BCUT2D eigenvalue weighted by atomic mass is 10.1. The van der Waals surface area contributed by atoms with Crippen molar-refractivity contribution in [1.82, 2.24) is 4.90 Å². The van der Waals surface area contributed by atoms with Crippen molar-refractivity contribution in [3.63, 3.8) is 0 Å². The molecule has 2 aromatic rings. The van der Waals surface area contributed by atoms with E-state index in [0.717, 1.165) is 29.7 Å². The van der Waals surface area contributed by atoms with Gasteiger partial charge in [-0.25, -0.2) is 0 Å². The molecule has 0 aliphatic heterocycles. The number of benzene rings is 2. The summed E-state index contributed by atoms with van der Waals surface area (Å²) in [5.74, 6) is 0.546. The topological polar surface area (TPSA) is 70.7 Å². The van der Waals surface area contributed by atoms with E-state index < -0.39 is 0 Å². The normalized spacial score (nSPS) is 13.2. The van der Waals surface area contributed by atoms with Gasteiger partial charge in [0.05, 0.1) is 18.8 Å². The van der Waals surface area contributed by atoms with Gasteiger partial charge in [0.2, 0.25) is 11.8 Å². The minimum atomic E-state index is -0.0806. The minimum absolute atomic E-state index is 0.0404. The lowest BCUT2D eigenvalue weighted by Gasteiger charge is -2.22. The average molecular weight is 410 g/mol. The zero-order valence-corrected chi connectivity index (χ0v) is 18.0. The number of rotatable bonds is 10. The predicted octanol–water partition coefficient (Wildman–Crippen LogP) is 4.13. The van der Waals surface area contributed by atoms with Crippen LogP contribution in [0.3, 0.4) is 0 Å². The third-order valence-electron chi connectivity index (χ3n) is 5.24. The summed E-state index contributed by atoms with van der Waals surface area (Å²) in [6.07, 6.45) is 2.48. The van der Waals surface area contributed by atoms with Crippen LogP contribution >= 0.6 is 0 Å². The molecule has 0 bridgehead atoms. The molecule has 0 spiro atoms. The predicted molar refractivity (Wildman–Crippen MR) is 120 cm³/mol. The number of carbonyl (C=O) groups excluding carboxylic acids is 2. The van der Waals surface area contributed by atoms with E-state index in [1.54, 1.807) is 0 Å². The number of aryl methyl sites for hydroxylation is 2. The van der Waals surface area contributed by atoms with E-state index in [9.17, 15) is 9.59 Å². The number of amides is 2. The molecule has 1 fully saturated rings. The summed E-state index contributed by atoms with van der Waals surface area (Å²) in [6.45, 7) is 7.28. The molecule has 0 radical (unpaired) electrons. The minimum Gasteiger partial charge on any atom is -0.492 e. The van der Waals surface area contributed by atoms with Crippen molar-refractivity contribution in [2.45, 2.75) is 46.1 Å². The number of ether oxygens (including phenoxy) is 1. The molecule has 6 nitrogen and oxygen atoms in total. The molecule has 1 aliphatic rings. The Morgan fingerprint density at radius 2 is 1.70 bits per heavy atom. The molecule has 0 aromatic heterocycles. The van der Waals surface area contributed by atoms with E-state index in [4.69, 9.17) is 4.74 Å². The van der Waals surface area contributed by atoms with Gasteiger partial charge in [-0.2, -0.15) is 0 Å². The van der Waals surface area contributed by atoms with Gasteiger partial charge in [0, 0.05) is 24.7 Å². The second-order valence-electron chi connectivity index (χ2n) is 7.74. The van der Waals surface area contributed by atoms with Crippen molar-refractivity contribution in [1.29, 1.82) is 0 Å². The number of anilines is 2. The maximum absolute atomic E-state index is 12.6. The first kappa shape index (κ1) is 21.8. The van der Waals surface area contributed by atoms with E-state index in [1.807, 2.05) is 63.2 Å². The molecule has 1 saturated carbocycles. The Morgan fingerprint density at radius 1 is 1.00 bits per heavy atom. The van der Waals surface area contributed by atoms with Crippen molar-refractivity contribution < 1.29 is 14.3 Å². The van der Waals surface area contributed by atoms with Gasteiger partial charge in [-0.05, 0) is 56.9 Å². The Balaban J connectivity index is 1.54. The van der Waals surface area contributed by atoms with Gasteiger partial charge in [-0.3, -0.25) is 14.5 Å². The molecule has 30 heavy (non-hydrogen) atoms. The molecule has 160 valence electrons. The molecule has 1 aliphatic carbocycles. The first-order valence-electron chi connectivity index (χ1n) is 10.6. The van der Waals surface area contributed by atoms with Crippen molar-refractivity contribution in [2.24, 2.45) is 0 Å². The molecule has 2 amide bonds. The zero-order valence-electron chi connectivity index (χ0n) is 18.0. The molecule has 6 heteroatoms. The fraction of sp³-hybridized carbons (Fsp3) is 0.417. The molecule has 0 heterocycles. The summed E-state index contributed by atoms with van der Waals surface area (Å²) in [7, 11) is 0. The van der Waals surface area contributed by atoms with Crippen LogP contribution in [0, 0.1) is 13.8 Å². The van der Waals surface area contributed by atoms with Crippen LogP contribution in [0.25, 0.3) is 0 Å². The standard InChI is InChI=1S/C24H31N3O3/c1-4-30-21-11-6-5-10-20(21)25-22(28)14-15-27(19-12-13-19)16-23(29)26-24-17(2)8-7-9-18(24)3/h5-11,19H,4,12-16H2,1-3H3,(H,25,28)(H,26,29). The fourth-order valence-corrected chi connectivity index (χ4v) is 3.51. The maximum Gasteiger partial charge on any atom is 0.238 e. The van der Waals surface area contributed by atoms with E-state index in [-0.39, 0.29) is 11.8 Å². The summed E-state index contributed by atoms with van der Waals surface area (Å²) in [6, 6.07) is 13.8. The number of hydrogen-bond donors (Lipinski definition) is 2. The quantitative estimate of drug-likeness (QED) is 0.619. The summed E-state index contributed by atoms with van der Waals surface area (Å²) >= 11 is 0. The molecule has 0 saturated heterocycles. The highest BCUT2D eigenvalue weighted by Gasteiger charge is 2.30. The van der Waals surface area contributed by atoms with E-state index in [1.165, 1.54) is 0 Å². The van der Waals surface area contributed by atoms with E-state index >= 15 is 0 Å². The smallest absolute Gasteiger partial charge is 0.238 e. The Bertz CT molecular complexity index is 873. The van der Waals surface area contributed by atoms with Crippen LogP contribution in [-0.4, -0.2) is 42.5 Å². The Labute approximate surface area is 178 Å². The number of nitrogens with zero attached hydrogens (tertiary/aromatic N) is 1. The average Bonchev–Trinajstić information content (AvgIpc) is 3.55. The SMILES string of the molecule is CCOc1ccccc1NC(=O)CCN(CC(=O)Nc1c(C)cccc1C)C1CC1. The van der Waals surface area contributed by atoms with Crippen LogP contribution in [0.15, 0.2) is 42.5 Å². The summed E-state index contributed by atoms with van der Waals surface area (Å²) < 4.78 is 5.56. The summed E-state index contributed by atoms with van der Waals surface area (Å²) in [5.41, 5.74) is 3.65. The number of carbonyl (C=O) groups is 2. The van der Waals surface area contributed by atoms with Gasteiger partial charge >= 0.3 is 0 Å². The van der Waals surface area contributed by atoms with Crippen LogP contribution in [0.1, 0.15) is 37.3 Å². The molecular weight excluding hydrogens is 378 g/mol. The zero-order chi connectivity index (χ0) is 21.5. The first-order valence-corrected chi connectivity index (χ1v) is 10.6. The summed E-state index contributed by atoms with van der Waals surface area (Å²) in [5, 5.41) is 5.97. The Kier molecular flexibility index (Phi) is 7.46. The highest BCUT2D eigenvalue weighted by molar-refractivity contribution is 5.94. The van der Waals surface area contributed by atoms with Crippen LogP contribution in [0.4, 0.5) is 11.4 Å². The van der Waals surface area contributed by atoms with Crippen LogP contribution in [0.2, 0.25) is 0 Å². The van der Waals surface area contributed by atoms with Crippen LogP contribution in [0.5, 0.6) is 5.75 Å². The molecule has 0 unspecified atom stereocenters. The lowest BCUT2D eigenvalue weighted by molar-refractivity contribution is -0.119. The summed E-state index contributed by atoms with van der Waals surface area (Å²) in [4.78, 5) is 27.2. The van der Waals surface area contributed by atoms with Gasteiger partial charge in [0.1, 0.15) is 5.75 Å². The van der Waals surface area contributed by atoms with Crippen LogP contribution < -0.4 is 15.4 Å². The monoisotopic (exact) mass is 409 g/mol. The third-order valence-corrected chi connectivity index (χ3v) is 5.24. The maximum atomic E-state index is 12.6. The molecule has 0 atom stereocenters. The van der Waals surface area contributed by atoms with Crippen molar-refractivity contribution >= 4 is 23.2 Å². The molecular formula is C24H31N3O3. The van der Waals surface area contributed by atoms with Crippen molar-refractivity contribution in [3.05, 3.63) is 53.6 Å². The molecule has 2 aromatic carbocycles. The number of para-hydroxylation sites is 3. The number of hydrogen-bond acceptors (Lipinski definition) is 4. The Morgan fingerprint density at radius 3 is 2.37 bits per heavy atom. The van der Waals surface area contributed by atoms with Gasteiger partial charge in [-0.1, -0.05) is 30.3 Å². The van der Waals surface area contributed by atoms with E-state index in [0.29, 0.717) is 43.6 Å². The highest BCUT2D eigenvalue weighted by atomic mass is 16.5. The first-order chi connectivity index (χ1) is 14.5. The van der Waals surface area contributed by atoms with Crippen molar-refractivity contribution in [2.75, 3.05) is 30.3 Å². The second-order valence-corrected chi connectivity index (χ2v) is 7.74. The van der Waals surface area contributed by atoms with Gasteiger partial charge in [0.25, 0.3) is 0 Å². The largest absolute Gasteiger partial charge is 0.492 e. The van der Waals surface area contributed by atoms with Gasteiger partial charge in [-0.15, -0.1) is 0 Å². The van der Waals surface area contributed by atoms with Gasteiger partial charge in [0.15, 0.2) is 0 Å². The highest BCUT2D eigenvalue weighted by Crippen LogP contribution is 2.28. The third kappa shape index (κ3) is 6.07. The Hall–Kier alpha value is -2.86. The van der Waals surface area contributed by atoms with Gasteiger partial charge < -0.3 is 15.4 Å². The molecule has 3 rings (SSSR count). The second kappa shape index (κ2) is 10.3. The lowest BCUT2D eigenvalue weighted by Crippen LogP contribution is -2.37. The fourth-order valence-electron chi connectivity index (χ4n) is 3.51. The van der Waals surface area contributed by atoms with E-state index in [2.05, 4.69) is 15.5 Å².